The van der Waals surface area contributed by atoms with Gasteiger partial charge in [-0.25, -0.2) is 4.98 Å². The number of ether oxygens (including phenoxy) is 2. The second-order valence-corrected chi connectivity index (χ2v) is 5.39. The summed E-state index contributed by atoms with van der Waals surface area (Å²) in [6, 6.07) is 13.0. The fourth-order valence-electron chi connectivity index (χ4n) is 2.68. The average molecular weight is 294 g/mol. The molecule has 112 valence electrons. The molecule has 0 spiro atoms. The second kappa shape index (κ2) is 6.95. The summed E-state index contributed by atoms with van der Waals surface area (Å²) >= 11 is 0. The van der Waals surface area contributed by atoms with Gasteiger partial charge in [-0.2, -0.15) is 5.26 Å². The lowest BCUT2D eigenvalue weighted by Crippen LogP contribution is -2.20. The summed E-state index contributed by atoms with van der Waals surface area (Å²) in [7, 11) is 0. The van der Waals surface area contributed by atoms with Crippen LogP contribution in [0, 0.1) is 11.3 Å². The number of nitriles is 1. The number of rotatable bonds is 4. The Balaban J connectivity index is 1.87. The Morgan fingerprint density at radius 3 is 2.64 bits per heavy atom. The summed E-state index contributed by atoms with van der Waals surface area (Å²) in [4.78, 5) is 4.16. The van der Waals surface area contributed by atoms with E-state index in [1.54, 1.807) is 24.4 Å². The summed E-state index contributed by atoms with van der Waals surface area (Å²) in [6.45, 7) is 0. The molecule has 4 heteroatoms. The maximum atomic E-state index is 9.34. The van der Waals surface area contributed by atoms with E-state index in [0.717, 1.165) is 12.8 Å². The first-order valence-corrected chi connectivity index (χ1v) is 7.65. The molecule has 1 saturated carbocycles. The van der Waals surface area contributed by atoms with Gasteiger partial charge in [0, 0.05) is 12.3 Å². The van der Waals surface area contributed by atoms with Gasteiger partial charge in [-0.15, -0.1) is 0 Å². The van der Waals surface area contributed by atoms with Crippen molar-refractivity contribution in [3.8, 4) is 23.4 Å². The van der Waals surface area contributed by atoms with E-state index in [-0.39, 0.29) is 6.10 Å². The van der Waals surface area contributed by atoms with Crippen LogP contribution >= 0.6 is 0 Å². The van der Waals surface area contributed by atoms with Crippen molar-refractivity contribution in [1.29, 1.82) is 5.26 Å². The monoisotopic (exact) mass is 294 g/mol. The lowest BCUT2D eigenvalue weighted by Gasteiger charge is -2.24. The third kappa shape index (κ3) is 3.37. The van der Waals surface area contributed by atoms with Gasteiger partial charge in [-0.1, -0.05) is 18.6 Å². The highest BCUT2D eigenvalue weighted by Gasteiger charge is 2.20. The Kier molecular flexibility index (Phi) is 4.55. The first-order valence-electron chi connectivity index (χ1n) is 7.65. The second-order valence-electron chi connectivity index (χ2n) is 5.39. The Labute approximate surface area is 130 Å². The van der Waals surface area contributed by atoms with Crippen molar-refractivity contribution in [2.75, 3.05) is 0 Å². The van der Waals surface area contributed by atoms with Crippen molar-refractivity contribution in [2.24, 2.45) is 0 Å². The van der Waals surface area contributed by atoms with Gasteiger partial charge >= 0.3 is 0 Å². The Bertz CT molecular complexity index is 659. The molecule has 1 aromatic heterocycles. The first-order chi connectivity index (χ1) is 10.9. The highest BCUT2D eigenvalue weighted by molar-refractivity contribution is 5.53. The maximum Gasteiger partial charge on any atom is 0.219 e. The SMILES string of the molecule is N#Cc1cccc(Oc2ccccn2)c1OC1CCCCC1. The summed E-state index contributed by atoms with van der Waals surface area (Å²) in [5.41, 5.74) is 0.499. The van der Waals surface area contributed by atoms with E-state index >= 15 is 0 Å². The number of aromatic nitrogens is 1. The van der Waals surface area contributed by atoms with Crippen LogP contribution in [0.25, 0.3) is 0 Å². The Hall–Kier alpha value is -2.54. The molecule has 2 aromatic rings. The van der Waals surface area contributed by atoms with Gasteiger partial charge in [0.05, 0.1) is 11.7 Å². The normalized spacial score (nSPS) is 15.0. The minimum absolute atomic E-state index is 0.161. The van der Waals surface area contributed by atoms with Crippen LogP contribution in [-0.4, -0.2) is 11.1 Å². The number of hydrogen-bond acceptors (Lipinski definition) is 4. The first kappa shape index (κ1) is 14.4. The Morgan fingerprint density at radius 1 is 1.05 bits per heavy atom. The van der Waals surface area contributed by atoms with Crippen LogP contribution in [0.15, 0.2) is 42.6 Å². The maximum absolute atomic E-state index is 9.34. The summed E-state index contributed by atoms with van der Waals surface area (Å²) < 4.78 is 11.9. The number of pyridine rings is 1. The fraction of sp³-hybridized carbons (Fsp3) is 0.333. The molecule has 0 aliphatic heterocycles. The third-order valence-electron chi connectivity index (χ3n) is 3.79. The van der Waals surface area contributed by atoms with Gasteiger partial charge in [0.25, 0.3) is 0 Å². The Morgan fingerprint density at radius 2 is 1.91 bits per heavy atom. The van der Waals surface area contributed by atoms with E-state index in [2.05, 4.69) is 11.1 Å². The van der Waals surface area contributed by atoms with Crippen molar-refractivity contribution >= 4 is 0 Å². The van der Waals surface area contributed by atoms with E-state index in [1.807, 2.05) is 18.2 Å². The number of benzene rings is 1. The molecule has 0 saturated heterocycles. The van der Waals surface area contributed by atoms with Gasteiger partial charge in [0.2, 0.25) is 5.88 Å². The number of hydrogen-bond donors (Lipinski definition) is 0. The van der Waals surface area contributed by atoms with Crippen LogP contribution in [0.4, 0.5) is 0 Å². The zero-order valence-corrected chi connectivity index (χ0v) is 12.4. The molecule has 1 aliphatic rings. The van der Waals surface area contributed by atoms with Crippen LogP contribution in [0.2, 0.25) is 0 Å². The predicted octanol–water partition coefficient (Wildman–Crippen LogP) is 4.46. The van der Waals surface area contributed by atoms with Crippen LogP contribution in [-0.2, 0) is 0 Å². The van der Waals surface area contributed by atoms with Gasteiger partial charge < -0.3 is 9.47 Å². The lowest BCUT2D eigenvalue weighted by atomic mass is 9.97. The molecular formula is C18H18N2O2. The zero-order chi connectivity index (χ0) is 15.2. The minimum atomic E-state index is 0.161. The third-order valence-corrected chi connectivity index (χ3v) is 3.79. The molecular weight excluding hydrogens is 276 g/mol. The van der Waals surface area contributed by atoms with Gasteiger partial charge in [-0.05, 0) is 43.9 Å². The molecule has 4 nitrogen and oxygen atoms in total. The largest absolute Gasteiger partial charge is 0.485 e. The van der Waals surface area contributed by atoms with E-state index < -0.39 is 0 Å². The van der Waals surface area contributed by atoms with Crippen LogP contribution in [0.3, 0.4) is 0 Å². The molecule has 0 unspecified atom stereocenters. The predicted molar refractivity (Wildman–Crippen MR) is 83.0 cm³/mol. The molecule has 1 aromatic carbocycles. The van der Waals surface area contributed by atoms with E-state index in [0.29, 0.717) is 22.9 Å². The highest BCUT2D eigenvalue weighted by atomic mass is 16.5. The average Bonchev–Trinajstić information content (AvgIpc) is 2.58. The summed E-state index contributed by atoms with van der Waals surface area (Å²) in [5.74, 6) is 1.57. The van der Waals surface area contributed by atoms with Gasteiger partial charge in [-0.3, -0.25) is 0 Å². The summed E-state index contributed by atoms with van der Waals surface area (Å²) in [5, 5.41) is 9.34. The van der Waals surface area contributed by atoms with Crippen LogP contribution in [0.1, 0.15) is 37.7 Å². The van der Waals surface area contributed by atoms with E-state index in [9.17, 15) is 5.26 Å². The number of para-hydroxylation sites is 1. The quantitative estimate of drug-likeness (QED) is 0.835. The number of nitrogens with zero attached hydrogens (tertiary/aromatic N) is 2. The molecule has 22 heavy (non-hydrogen) atoms. The molecule has 0 bridgehead atoms. The molecule has 1 heterocycles. The van der Waals surface area contributed by atoms with Crippen molar-refractivity contribution in [2.45, 2.75) is 38.2 Å². The smallest absolute Gasteiger partial charge is 0.219 e. The van der Waals surface area contributed by atoms with Gasteiger partial charge in [0.15, 0.2) is 11.5 Å². The van der Waals surface area contributed by atoms with Crippen molar-refractivity contribution < 1.29 is 9.47 Å². The molecule has 3 rings (SSSR count). The highest BCUT2D eigenvalue weighted by Crippen LogP contribution is 2.36. The molecule has 0 amide bonds. The molecule has 0 N–H and O–H groups in total. The molecule has 0 atom stereocenters. The minimum Gasteiger partial charge on any atom is -0.485 e. The summed E-state index contributed by atoms with van der Waals surface area (Å²) in [6.07, 6.45) is 7.51. The topological polar surface area (TPSA) is 55.1 Å². The fourth-order valence-corrected chi connectivity index (χ4v) is 2.68. The zero-order valence-electron chi connectivity index (χ0n) is 12.4. The molecule has 1 fully saturated rings. The van der Waals surface area contributed by atoms with Crippen LogP contribution in [0.5, 0.6) is 17.4 Å². The molecule has 0 radical (unpaired) electrons. The van der Waals surface area contributed by atoms with Crippen LogP contribution < -0.4 is 9.47 Å². The van der Waals surface area contributed by atoms with Gasteiger partial charge in [0.1, 0.15) is 6.07 Å². The van der Waals surface area contributed by atoms with E-state index in [1.165, 1.54) is 19.3 Å². The van der Waals surface area contributed by atoms with E-state index in [4.69, 9.17) is 9.47 Å². The van der Waals surface area contributed by atoms with Crippen molar-refractivity contribution in [3.05, 3.63) is 48.2 Å². The van der Waals surface area contributed by atoms with Crippen molar-refractivity contribution in [3.63, 3.8) is 0 Å². The standard InChI is InChI=1S/C18H18N2O2/c19-13-14-7-6-10-16(22-17-11-4-5-12-20-17)18(14)21-15-8-2-1-3-9-15/h4-7,10-12,15H,1-3,8-9H2. The molecule has 1 aliphatic carbocycles. The lowest BCUT2D eigenvalue weighted by molar-refractivity contribution is 0.150. The van der Waals surface area contributed by atoms with Crippen molar-refractivity contribution in [1.82, 2.24) is 4.98 Å².